The lowest BCUT2D eigenvalue weighted by Gasteiger charge is -2.06. The van der Waals surface area contributed by atoms with Gasteiger partial charge in [0.1, 0.15) is 16.2 Å². The van der Waals surface area contributed by atoms with Crippen molar-refractivity contribution in [2.45, 2.75) is 17.1 Å². The van der Waals surface area contributed by atoms with Crippen LogP contribution in [0.3, 0.4) is 0 Å². The summed E-state index contributed by atoms with van der Waals surface area (Å²) in [6, 6.07) is 2.52. The van der Waals surface area contributed by atoms with Crippen LogP contribution in [0.5, 0.6) is 0 Å². The van der Waals surface area contributed by atoms with Crippen molar-refractivity contribution >= 4 is 33.3 Å². The van der Waals surface area contributed by atoms with Crippen LogP contribution >= 0.6 is 23.1 Å². The molecular weight excluding hydrogens is 337 g/mol. The van der Waals surface area contributed by atoms with E-state index in [1.165, 1.54) is 11.3 Å². The lowest BCUT2D eigenvalue weighted by atomic mass is 10.4. The number of H-pyrrole nitrogens is 1. The van der Waals surface area contributed by atoms with E-state index in [-0.39, 0.29) is 16.5 Å². The Morgan fingerprint density at radius 3 is 2.86 bits per heavy atom. The molecule has 0 amide bonds. The van der Waals surface area contributed by atoms with Crippen molar-refractivity contribution in [3.63, 3.8) is 0 Å². The van der Waals surface area contributed by atoms with Gasteiger partial charge in [0, 0.05) is 6.20 Å². The van der Waals surface area contributed by atoms with Gasteiger partial charge >= 0.3 is 6.18 Å². The zero-order valence-electron chi connectivity index (χ0n) is 10.7. The summed E-state index contributed by atoms with van der Waals surface area (Å²) >= 11 is 2.25. The predicted molar refractivity (Wildman–Crippen MR) is 76.8 cm³/mol. The van der Waals surface area contributed by atoms with E-state index in [0.717, 1.165) is 24.0 Å². The fourth-order valence-corrected chi connectivity index (χ4v) is 3.12. The van der Waals surface area contributed by atoms with Crippen molar-refractivity contribution in [2.75, 3.05) is 0 Å². The van der Waals surface area contributed by atoms with Crippen LogP contribution in [0, 0.1) is 0 Å². The Kier molecular flexibility index (Phi) is 3.87. The van der Waals surface area contributed by atoms with E-state index in [1.807, 2.05) is 0 Å². The molecule has 0 aliphatic carbocycles. The highest BCUT2D eigenvalue weighted by atomic mass is 32.2. The summed E-state index contributed by atoms with van der Waals surface area (Å²) in [4.78, 5) is 25.8. The number of nitrogens with zero attached hydrogens (tertiary/aromatic N) is 3. The minimum atomic E-state index is -4.51. The molecule has 3 rings (SSSR count). The standard InChI is InChI=1S/C12H7F3N4OS2/c13-12(14,15)7-1-3-16-11(18-7)22-5-8-17-6-2-4-21-9(6)10(20)19-8/h1-4H,5H2,(H,17,19,20). The second-order valence-corrected chi connectivity index (χ2v) is 6.02. The van der Waals surface area contributed by atoms with Gasteiger partial charge in [-0.3, -0.25) is 4.79 Å². The maximum absolute atomic E-state index is 12.6. The third-order valence-corrected chi connectivity index (χ3v) is 4.40. The molecule has 5 nitrogen and oxygen atoms in total. The molecule has 1 N–H and O–H groups in total. The van der Waals surface area contributed by atoms with Crippen molar-refractivity contribution in [3.8, 4) is 0 Å². The molecule has 0 aliphatic heterocycles. The Labute approximate surface area is 129 Å². The number of fused-ring (bicyclic) bond motifs is 1. The zero-order chi connectivity index (χ0) is 15.7. The van der Waals surface area contributed by atoms with Gasteiger partial charge in [-0.1, -0.05) is 11.8 Å². The Morgan fingerprint density at radius 1 is 1.27 bits per heavy atom. The van der Waals surface area contributed by atoms with E-state index >= 15 is 0 Å². The molecule has 0 atom stereocenters. The molecular formula is C12H7F3N4OS2. The first kappa shape index (κ1) is 15.0. The molecule has 3 heterocycles. The largest absolute Gasteiger partial charge is 0.433 e. The fraction of sp³-hybridized carbons (Fsp3) is 0.167. The van der Waals surface area contributed by atoms with Crippen molar-refractivity contribution in [1.29, 1.82) is 0 Å². The lowest BCUT2D eigenvalue weighted by molar-refractivity contribution is -0.141. The zero-order valence-corrected chi connectivity index (χ0v) is 12.3. The normalized spacial score (nSPS) is 12.0. The summed E-state index contributed by atoms with van der Waals surface area (Å²) in [5.74, 6) is 0.532. The number of thioether (sulfide) groups is 1. The van der Waals surface area contributed by atoms with Crippen molar-refractivity contribution in [2.24, 2.45) is 0 Å². The first-order chi connectivity index (χ1) is 10.4. The number of thiophene rings is 1. The van der Waals surface area contributed by atoms with Crippen LogP contribution in [-0.4, -0.2) is 19.9 Å². The molecule has 0 aliphatic rings. The molecule has 0 spiro atoms. The molecule has 3 aromatic rings. The predicted octanol–water partition coefficient (Wildman–Crippen LogP) is 3.09. The fourth-order valence-electron chi connectivity index (χ4n) is 1.69. The van der Waals surface area contributed by atoms with Crippen LogP contribution in [0.25, 0.3) is 10.2 Å². The summed E-state index contributed by atoms with van der Waals surface area (Å²) < 4.78 is 38.2. The molecule has 0 aromatic carbocycles. The van der Waals surface area contributed by atoms with E-state index in [2.05, 4.69) is 19.9 Å². The molecule has 0 bridgehead atoms. The number of nitrogens with one attached hydrogen (secondary N) is 1. The molecule has 22 heavy (non-hydrogen) atoms. The molecule has 114 valence electrons. The maximum atomic E-state index is 12.6. The average Bonchev–Trinajstić information content (AvgIpc) is 2.93. The molecule has 0 saturated heterocycles. The summed E-state index contributed by atoms with van der Waals surface area (Å²) in [6.07, 6.45) is -3.46. The SMILES string of the molecule is O=c1[nH]c(CSc2nccc(C(F)(F)F)n2)nc2ccsc12. The van der Waals surface area contributed by atoms with E-state index in [0.29, 0.717) is 16.0 Å². The Bertz CT molecular complexity index is 874. The van der Waals surface area contributed by atoms with Crippen molar-refractivity contribution in [3.05, 3.63) is 45.6 Å². The molecule has 0 unspecified atom stereocenters. The van der Waals surface area contributed by atoms with Gasteiger partial charge in [-0.2, -0.15) is 13.2 Å². The maximum Gasteiger partial charge on any atom is 0.433 e. The molecule has 0 saturated carbocycles. The highest BCUT2D eigenvalue weighted by Gasteiger charge is 2.32. The average molecular weight is 344 g/mol. The van der Waals surface area contributed by atoms with E-state index < -0.39 is 11.9 Å². The first-order valence-corrected chi connectivity index (χ1v) is 7.79. The Hall–Kier alpha value is -1.94. The number of hydrogen-bond acceptors (Lipinski definition) is 6. The van der Waals surface area contributed by atoms with Crippen LogP contribution in [-0.2, 0) is 11.9 Å². The molecule has 0 fully saturated rings. The first-order valence-electron chi connectivity index (χ1n) is 5.93. The Morgan fingerprint density at radius 2 is 2.09 bits per heavy atom. The summed E-state index contributed by atoms with van der Waals surface area (Å²) in [5.41, 5.74) is -0.699. The minimum absolute atomic E-state index is 0.0251. The van der Waals surface area contributed by atoms with Gasteiger partial charge < -0.3 is 4.98 Å². The molecule has 10 heteroatoms. The van der Waals surface area contributed by atoms with Crippen LogP contribution in [0.2, 0.25) is 0 Å². The van der Waals surface area contributed by atoms with Crippen LogP contribution in [0.1, 0.15) is 11.5 Å². The number of alkyl halides is 3. The summed E-state index contributed by atoms with van der Waals surface area (Å²) in [6.45, 7) is 0. The molecule has 3 aromatic heterocycles. The Balaban J connectivity index is 1.80. The highest BCUT2D eigenvalue weighted by Crippen LogP contribution is 2.28. The van der Waals surface area contributed by atoms with Gasteiger partial charge in [0.15, 0.2) is 5.16 Å². The van der Waals surface area contributed by atoms with Crippen molar-refractivity contribution < 1.29 is 13.2 Å². The van der Waals surface area contributed by atoms with Crippen LogP contribution in [0.15, 0.2) is 33.7 Å². The van der Waals surface area contributed by atoms with E-state index in [9.17, 15) is 18.0 Å². The van der Waals surface area contributed by atoms with Gasteiger partial charge in [0.2, 0.25) is 0 Å². The summed E-state index contributed by atoms with van der Waals surface area (Å²) in [7, 11) is 0. The summed E-state index contributed by atoms with van der Waals surface area (Å²) in [5, 5.41) is 1.72. The number of rotatable bonds is 3. The van der Waals surface area contributed by atoms with Gasteiger partial charge in [-0.25, -0.2) is 15.0 Å². The number of aromatic amines is 1. The van der Waals surface area contributed by atoms with Gasteiger partial charge in [-0.05, 0) is 17.5 Å². The third-order valence-electron chi connectivity index (χ3n) is 2.63. The smallest absolute Gasteiger partial charge is 0.309 e. The topological polar surface area (TPSA) is 71.5 Å². The second kappa shape index (κ2) is 5.69. The van der Waals surface area contributed by atoms with E-state index in [1.54, 1.807) is 11.4 Å². The lowest BCUT2D eigenvalue weighted by Crippen LogP contribution is -2.10. The highest BCUT2D eigenvalue weighted by molar-refractivity contribution is 7.98. The second-order valence-electron chi connectivity index (χ2n) is 4.16. The van der Waals surface area contributed by atoms with Gasteiger partial charge in [0.25, 0.3) is 5.56 Å². The monoisotopic (exact) mass is 344 g/mol. The van der Waals surface area contributed by atoms with Gasteiger partial charge in [0.05, 0.1) is 11.3 Å². The van der Waals surface area contributed by atoms with E-state index in [4.69, 9.17) is 0 Å². The minimum Gasteiger partial charge on any atom is -0.309 e. The van der Waals surface area contributed by atoms with Crippen LogP contribution < -0.4 is 5.56 Å². The van der Waals surface area contributed by atoms with Crippen molar-refractivity contribution in [1.82, 2.24) is 19.9 Å². The third kappa shape index (κ3) is 3.12. The number of aromatic nitrogens is 4. The number of hydrogen-bond donors (Lipinski definition) is 1. The van der Waals surface area contributed by atoms with Crippen LogP contribution in [0.4, 0.5) is 13.2 Å². The molecule has 0 radical (unpaired) electrons. The quantitative estimate of drug-likeness (QED) is 0.584. The van der Waals surface area contributed by atoms with Gasteiger partial charge in [-0.15, -0.1) is 11.3 Å². The number of halogens is 3.